The summed E-state index contributed by atoms with van der Waals surface area (Å²) in [7, 11) is 0. The SMILES string of the molecule is O=C1CCC(N2C(=O)c3cc(F)c(F)c(F)c3C2=O)C(=O)N1. The quantitative estimate of drug-likeness (QED) is 0.605. The maximum Gasteiger partial charge on any atom is 0.265 e. The Labute approximate surface area is 120 Å². The minimum atomic E-state index is -1.87. The van der Waals surface area contributed by atoms with E-state index in [0.29, 0.717) is 11.0 Å². The van der Waals surface area contributed by atoms with Crippen molar-refractivity contribution in [2.24, 2.45) is 0 Å². The zero-order valence-electron chi connectivity index (χ0n) is 10.8. The molecule has 6 nitrogen and oxygen atoms in total. The fourth-order valence-electron chi connectivity index (χ4n) is 2.53. The predicted octanol–water partition coefficient (Wildman–Crippen LogP) is 0.505. The number of benzene rings is 1. The molecule has 2 aliphatic heterocycles. The van der Waals surface area contributed by atoms with Crippen LogP contribution in [0.5, 0.6) is 0 Å². The van der Waals surface area contributed by atoms with Crippen LogP contribution in [-0.4, -0.2) is 34.6 Å². The maximum atomic E-state index is 13.7. The van der Waals surface area contributed by atoms with Crippen molar-refractivity contribution in [1.29, 1.82) is 0 Å². The van der Waals surface area contributed by atoms with Gasteiger partial charge in [0, 0.05) is 6.42 Å². The summed E-state index contributed by atoms with van der Waals surface area (Å²) in [6.45, 7) is 0. The molecule has 1 aromatic carbocycles. The number of halogens is 3. The van der Waals surface area contributed by atoms with E-state index in [1.165, 1.54) is 0 Å². The van der Waals surface area contributed by atoms with E-state index in [-0.39, 0.29) is 12.8 Å². The van der Waals surface area contributed by atoms with E-state index < -0.39 is 58.2 Å². The summed E-state index contributed by atoms with van der Waals surface area (Å²) in [5.74, 6) is -9.05. The number of carbonyl (C=O) groups excluding carboxylic acids is 4. The van der Waals surface area contributed by atoms with Crippen LogP contribution in [0, 0.1) is 17.5 Å². The summed E-state index contributed by atoms with van der Waals surface area (Å²) in [6, 6.07) is -0.907. The third-order valence-electron chi connectivity index (χ3n) is 3.57. The third-order valence-corrected chi connectivity index (χ3v) is 3.57. The molecule has 0 saturated carbocycles. The zero-order valence-corrected chi connectivity index (χ0v) is 10.8. The van der Waals surface area contributed by atoms with Crippen molar-refractivity contribution in [1.82, 2.24) is 10.2 Å². The lowest BCUT2D eigenvalue weighted by Gasteiger charge is -2.27. The average molecular weight is 312 g/mol. The number of nitrogens with one attached hydrogen (secondary N) is 1. The first kappa shape index (κ1) is 14.2. The van der Waals surface area contributed by atoms with Crippen LogP contribution in [0.2, 0.25) is 0 Å². The number of hydrogen-bond acceptors (Lipinski definition) is 4. The van der Waals surface area contributed by atoms with Crippen molar-refractivity contribution in [3.63, 3.8) is 0 Å². The molecule has 1 N–H and O–H groups in total. The van der Waals surface area contributed by atoms with Crippen LogP contribution in [0.4, 0.5) is 13.2 Å². The highest BCUT2D eigenvalue weighted by atomic mass is 19.2. The van der Waals surface area contributed by atoms with Crippen LogP contribution in [0.3, 0.4) is 0 Å². The Hall–Kier alpha value is -2.71. The van der Waals surface area contributed by atoms with Gasteiger partial charge >= 0.3 is 0 Å². The topological polar surface area (TPSA) is 83.6 Å². The van der Waals surface area contributed by atoms with Crippen molar-refractivity contribution in [2.45, 2.75) is 18.9 Å². The van der Waals surface area contributed by atoms with Gasteiger partial charge in [-0.05, 0) is 12.5 Å². The highest BCUT2D eigenvalue weighted by Gasteiger charge is 2.47. The Kier molecular flexibility index (Phi) is 3.01. The second-order valence-electron chi connectivity index (χ2n) is 4.86. The zero-order chi connectivity index (χ0) is 16.2. The molecule has 0 radical (unpaired) electrons. The molecule has 0 aliphatic carbocycles. The van der Waals surface area contributed by atoms with Crippen LogP contribution in [0.25, 0.3) is 0 Å². The molecule has 3 rings (SSSR count). The van der Waals surface area contributed by atoms with Gasteiger partial charge in [0.05, 0.1) is 11.1 Å². The number of piperidine rings is 1. The molecule has 0 spiro atoms. The average Bonchev–Trinajstić information content (AvgIpc) is 2.69. The van der Waals surface area contributed by atoms with Crippen molar-refractivity contribution in [3.8, 4) is 0 Å². The molecular weight excluding hydrogens is 305 g/mol. The highest BCUT2D eigenvalue weighted by Crippen LogP contribution is 2.31. The van der Waals surface area contributed by atoms with Crippen LogP contribution < -0.4 is 5.32 Å². The van der Waals surface area contributed by atoms with Crippen molar-refractivity contribution >= 4 is 23.6 Å². The van der Waals surface area contributed by atoms with E-state index >= 15 is 0 Å². The van der Waals surface area contributed by atoms with Gasteiger partial charge in [-0.3, -0.25) is 29.4 Å². The van der Waals surface area contributed by atoms with E-state index in [1.54, 1.807) is 0 Å². The molecule has 22 heavy (non-hydrogen) atoms. The van der Waals surface area contributed by atoms with Gasteiger partial charge in [0.15, 0.2) is 17.5 Å². The molecule has 114 valence electrons. The van der Waals surface area contributed by atoms with Crippen LogP contribution in [-0.2, 0) is 9.59 Å². The first-order chi connectivity index (χ1) is 10.3. The normalized spacial score (nSPS) is 21.2. The number of rotatable bonds is 1. The van der Waals surface area contributed by atoms with Crippen LogP contribution in [0.1, 0.15) is 33.6 Å². The van der Waals surface area contributed by atoms with E-state index in [0.717, 1.165) is 0 Å². The van der Waals surface area contributed by atoms with E-state index in [4.69, 9.17) is 0 Å². The summed E-state index contributed by atoms with van der Waals surface area (Å²) in [5, 5.41) is 1.95. The molecule has 1 fully saturated rings. The number of carbonyl (C=O) groups is 4. The van der Waals surface area contributed by atoms with Gasteiger partial charge in [-0.1, -0.05) is 0 Å². The summed E-state index contributed by atoms with van der Waals surface area (Å²) < 4.78 is 40.2. The fourth-order valence-corrected chi connectivity index (χ4v) is 2.53. The second-order valence-corrected chi connectivity index (χ2v) is 4.86. The number of fused-ring (bicyclic) bond motifs is 1. The minimum Gasteiger partial charge on any atom is -0.295 e. The molecule has 4 amide bonds. The van der Waals surface area contributed by atoms with E-state index in [2.05, 4.69) is 0 Å². The van der Waals surface area contributed by atoms with Crippen molar-refractivity contribution < 1.29 is 32.3 Å². The summed E-state index contributed by atoms with van der Waals surface area (Å²) in [5.41, 5.74) is -1.56. The molecule has 1 atom stereocenters. The first-order valence-electron chi connectivity index (χ1n) is 6.22. The molecule has 1 aromatic rings. The second kappa shape index (κ2) is 4.65. The molecule has 0 aromatic heterocycles. The maximum absolute atomic E-state index is 13.7. The van der Waals surface area contributed by atoms with Crippen LogP contribution in [0.15, 0.2) is 6.07 Å². The van der Waals surface area contributed by atoms with Crippen molar-refractivity contribution in [2.75, 3.05) is 0 Å². The monoisotopic (exact) mass is 312 g/mol. The van der Waals surface area contributed by atoms with Gasteiger partial charge in [0.1, 0.15) is 6.04 Å². The largest absolute Gasteiger partial charge is 0.295 e. The smallest absolute Gasteiger partial charge is 0.265 e. The van der Waals surface area contributed by atoms with Crippen LogP contribution >= 0.6 is 0 Å². The van der Waals surface area contributed by atoms with Gasteiger partial charge in [0.2, 0.25) is 11.8 Å². The minimum absolute atomic E-state index is 0.116. The van der Waals surface area contributed by atoms with Crippen molar-refractivity contribution in [3.05, 3.63) is 34.6 Å². The lowest BCUT2D eigenvalue weighted by molar-refractivity contribution is -0.136. The Morgan fingerprint density at radius 1 is 1.05 bits per heavy atom. The molecule has 2 aliphatic rings. The van der Waals surface area contributed by atoms with E-state index in [9.17, 15) is 32.3 Å². The lowest BCUT2D eigenvalue weighted by Crippen LogP contribution is -2.54. The lowest BCUT2D eigenvalue weighted by atomic mass is 10.0. The molecular formula is C13H7F3N2O4. The number of imide groups is 2. The Bertz CT molecular complexity index is 762. The molecule has 1 saturated heterocycles. The molecule has 1 unspecified atom stereocenters. The highest BCUT2D eigenvalue weighted by molar-refractivity contribution is 6.23. The summed E-state index contributed by atoms with van der Waals surface area (Å²) >= 11 is 0. The molecule has 2 heterocycles. The number of hydrogen-bond donors (Lipinski definition) is 1. The Balaban J connectivity index is 2.06. The Morgan fingerprint density at radius 3 is 2.36 bits per heavy atom. The molecule has 9 heteroatoms. The summed E-state index contributed by atoms with van der Waals surface area (Å²) in [4.78, 5) is 47.5. The van der Waals surface area contributed by atoms with E-state index in [1.807, 2.05) is 5.32 Å². The fraction of sp³-hybridized carbons (Fsp3) is 0.231. The predicted molar refractivity (Wildman–Crippen MR) is 63.0 cm³/mol. The van der Waals surface area contributed by atoms with Gasteiger partial charge in [0.25, 0.3) is 11.8 Å². The number of nitrogens with zero attached hydrogens (tertiary/aromatic N) is 1. The summed E-state index contributed by atoms with van der Waals surface area (Å²) in [6.07, 6.45) is -0.252. The van der Waals surface area contributed by atoms with Gasteiger partial charge in [-0.2, -0.15) is 0 Å². The first-order valence-corrected chi connectivity index (χ1v) is 6.22. The van der Waals surface area contributed by atoms with Gasteiger partial charge in [-0.25, -0.2) is 13.2 Å². The third kappa shape index (κ3) is 1.81. The number of amides is 4. The van der Waals surface area contributed by atoms with Gasteiger partial charge < -0.3 is 0 Å². The molecule has 0 bridgehead atoms. The Morgan fingerprint density at radius 2 is 1.73 bits per heavy atom. The standard InChI is InChI=1S/C13H7F3N2O4/c14-5-3-4-8(10(16)9(5)15)13(22)18(12(4)21)6-1-2-7(19)17-11(6)20/h3,6H,1-2H2,(H,17,19,20). The van der Waals surface area contributed by atoms with Gasteiger partial charge in [-0.15, -0.1) is 0 Å².